The van der Waals surface area contributed by atoms with Gasteiger partial charge in [0.25, 0.3) is 5.91 Å². The van der Waals surface area contributed by atoms with Crippen molar-refractivity contribution in [2.45, 2.75) is 6.73 Å². The zero-order valence-electron chi connectivity index (χ0n) is 14.6. The van der Waals surface area contributed by atoms with Gasteiger partial charge in [0.1, 0.15) is 11.4 Å². The minimum absolute atomic E-state index is 0.229. The van der Waals surface area contributed by atoms with E-state index in [-0.39, 0.29) is 12.6 Å². The first kappa shape index (κ1) is 17.7. The summed E-state index contributed by atoms with van der Waals surface area (Å²) >= 11 is 0. The predicted octanol–water partition coefficient (Wildman–Crippen LogP) is 2.96. The van der Waals surface area contributed by atoms with Crippen LogP contribution in [0.5, 0.6) is 5.75 Å². The van der Waals surface area contributed by atoms with E-state index in [1.165, 1.54) is 0 Å². The van der Waals surface area contributed by atoms with E-state index in [1.54, 1.807) is 24.1 Å². The fraction of sp³-hybridized carbons (Fsp3) is 0.200. The van der Waals surface area contributed by atoms with Crippen molar-refractivity contribution in [1.29, 1.82) is 0 Å². The molecule has 0 aliphatic heterocycles. The molecule has 0 saturated heterocycles. The van der Waals surface area contributed by atoms with E-state index in [9.17, 15) is 4.79 Å². The maximum atomic E-state index is 11.9. The summed E-state index contributed by atoms with van der Waals surface area (Å²) in [6.07, 6.45) is 1.71. The maximum absolute atomic E-state index is 11.9. The van der Waals surface area contributed by atoms with Crippen molar-refractivity contribution in [3.8, 4) is 16.9 Å². The van der Waals surface area contributed by atoms with Gasteiger partial charge < -0.3 is 14.8 Å². The first-order valence-corrected chi connectivity index (χ1v) is 8.35. The molecule has 3 aromatic rings. The lowest BCUT2D eigenvalue weighted by Gasteiger charge is -2.07. The van der Waals surface area contributed by atoms with Gasteiger partial charge in [-0.2, -0.15) is 5.10 Å². The molecule has 0 spiro atoms. The van der Waals surface area contributed by atoms with Gasteiger partial charge in [0, 0.05) is 19.9 Å². The Balaban J connectivity index is 1.54. The van der Waals surface area contributed by atoms with Gasteiger partial charge in [-0.3, -0.25) is 4.79 Å². The van der Waals surface area contributed by atoms with Crippen LogP contribution in [0.2, 0.25) is 0 Å². The number of nitrogens with zero attached hydrogens (tertiary/aromatic N) is 2. The van der Waals surface area contributed by atoms with E-state index < -0.39 is 0 Å². The Morgan fingerprint density at radius 2 is 1.77 bits per heavy atom. The monoisotopic (exact) mass is 351 g/mol. The molecule has 0 bridgehead atoms. The summed E-state index contributed by atoms with van der Waals surface area (Å²) in [5, 5.41) is 6.94. The summed E-state index contributed by atoms with van der Waals surface area (Å²) in [4.78, 5) is 11.9. The first-order chi connectivity index (χ1) is 12.8. The molecule has 1 aromatic heterocycles. The summed E-state index contributed by atoms with van der Waals surface area (Å²) in [5.74, 6) is 0.513. The molecule has 1 N–H and O–H groups in total. The lowest BCUT2D eigenvalue weighted by Crippen LogP contribution is -2.27. The highest BCUT2D eigenvalue weighted by Crippen LogP contribution is 2.22. The standard InChI is InChI=1S/C20H21N3O3/c1-25-14-12-21-20(24)19-11-13-23(22-19)15-26-18-9-7-17(8-10-18)16-5-3-2-4-6-16/h2-11,13H,12,14-15H2,1H3,(H,21,24). The van der Waals surface area contributed by atoms with Crippen molar-refractivity contribution in [2.24, 2.45) is 0 Å². The fourth-order valence-corrected chi connectivity index (χ4v) is 2.43. The van der Waals surface area contributed by atoms with Crippen LogP contribution < -0.4 is 10.1 Å². The van der Waals surface area contributed by atoms with Crippen LogP contribution in [0.1, 0.15) is 10.5 Å². The highest BCUT2D eigenvalue weighted by Gasteiger charge is 2.08. The number of carbonyl (C=O) groups excluding carboxylic acids is 1. The number of benzene rings is 2. The molecule has 0 fully saturated rings. The Morgan fingerprint density at radius 1 is 1.04 bits per heavy atom. The highest BCUT2D eigenvalue weighted by molar-refractivity contribution is 5.92. The second-order valence-corrected chi connectivity index (χ2v) is 5.65. The largest absolute Gasteiger partial charge is 0.471 e. The van der Waals surface area contributed by atoms with E-state index in [4.69, 9.17) is 9.47 Å². The minimum Gasteiger partial charge on any atom is -0.471 e. The molecule has 0 saturated carbocycles. The third-order valence-corrected chi connectivity index (χ3v) is 3.79. The van der Waals surface area contributed by atoms with Crippen LogP contribution in [-0.2, 0) is 11.5 Å². The van der Waals surface area contributed by atoms with Crippen LogP contribution in [0, 0.1) is 0 Å². The topological polar surface area (TPSA) is 65.4 Å². The lowest BCUT2D eigenvalue weighted by molar-refractivity contribution is 0.0930. The minimum atomic E-state index is -0.229. The molecular weight excluding hydrogens is 330 g/mol. The van der Waals surface area contributed by atoms with Gasteiger partial charge in [-0.1, -0.05) is 42.5 Å². The van der Waals surface area contributed by atoms with Crippen molar-refractivity contribution < 1.29 is 14.3 Å². The molecule has 2 aromatic carbocycles. The summed E-state index contributed by atoms with van der Waals surface area (Å²) in [5.41, 5.74) is 2.64. The van der Waals surface area contributed by atoms with Gasteiger partial charge in [0.2, 0.25) is 0 Å². The molecule has 0 radical (unpaired) electrons. The number of amides is 1. The average Bonchev–Trinajstić information content (AvgIpc) is 3.17. The van der Waals surface area contributed by atoms with Crippen LogP contribution in [0.4, 0.5) is 0 Å². The van der Waals surface area contributed by atoms with Gasteiger partial charge in [0.15, 0.2) is 6.73 Å². The van der Waals surface area contributed by atoms with Gasteiger partial charge in [-0.15, -0.1) is 0 Å². The van der Waals surface area contributed by atoms with Crippen LogP contribution in [-0.4, -0.2) is 35.9 Å². The van der Waals surface area contributed by atoms with Crippen LogP contribution in [0.25, 0.3) is 11.1 Å². The number of nitrogens with one attached hydrogen (secondary N) is 1. The predicted molar refractivity (Wildman–Crippen MR) is 98.9 cm³/mol. The fourth-order valence-electron chi connectivity index (χ4n) is 2.43. The molecule has 26 heavy (non-hydrogen) atoms. The van der Waals surface area contributed by atoms with Gasteiger partial charge in [-0.05, 0) is 29.3 Å². The number of methoxy groups -OCH3 is 1. The Labute approximate surface area is 152 Å². The smallest absolute Gasteiger partial charge is 0.271 e. The van der Waals surface area contributed by atoms with Gasteiger partial charge >= 0.3 is 0 Å². The molecule has 1 amide bonds. The number of hydrogen-bond donors (Lipinski definition) is 1. The summed E-state index contributed by atoms with van der Waals surface area (Å²) in [7, 11) is 1.59. The van der Waals surface area contributed by atoms with Crippen LogP contribution in [0.3, 0.4) is 0 Å². The summed E-state index contributed by atoms with van der Waals surface area (Å²) in [6.45, 7) is 1.15. The van der Waals surface area contributed by atoms with Crippen molar-refractivity contribution in [1.82, 2.24) is 15.1 Å². The number of aromatic nitrogens is 2. The Bertz CT molecular complexity index is 829. The second kappa shape index (κ2) is 8.82. The second-order valence-electron chi connectivity index (χ2n) is 5.65. The van der Waals surface area contributed by atoms with Crippen LogP contribution in [0.15, 0.2) is 66.9 Å². The molecule has 0 aliphatic rings. The Kier molecular flexibility index (Phi) is 6.01. The normalized spacial score (nSPS) is 10.5. The van der Waals surface area contributed by atoms with E-state index in [0.717, 1.165) is 16.9 Å². The average molecular weight is 351 g/mol. The number of rotatable bonds is 8. The van der Waals surface area contributed by atoms with Gasteiger partial charge in [-0.25, -0.2) is 4.68 Å². The van der Waals surface area contributed by atoms with Crippen molar-refractivity contribution >= 4 is 5.91 Å². The van der Waals surface area contributed by atoms with Gasteiger partial charge in [0.05, 0.1) is 6.61 Å². The number of carbonyl (C=O) groups is 1. The zero-order valence-corrected chi connectivity index (χ0v) is 14.6. The van der Waals surface area contributed by atoms with E-state index >= 15 is 0 Å². The molecule has 0 aliphatic carbocycles. The number of ether oxygens (including phenoxy) is 2. The van der Waals surface area contributed by atoms with Crippen molar-refractivity contribution in [2.75, 3.05) is 20.3 Å². The third-order valence-electron chi connectivity index (χ3n) is 3.79. The van der Waals surface area contributed by atoms with E-state index in [1.807, 2.05) is 42.5 Å². The number of hydrogen-bond acceptors (Lipinski definition) is 4. The molecule has 6 nitrogen and oxygen atoms in total. The molecule has 6 heteroatoms. The SMILES string of the molecule is COCCNC(=O)c1ccn(COc2ccc(-c3ccccc3)cc2)n1. The molecule has 1 heterocycles. The van der Waals surface area contributed by atoms with E-state index in [2.05, 4.69) is 22.5 Å². The summed E-state index contributed by atoms with van der Waals surface area (Å²) in [6, 6.07) is 19.7. The third kappa shape index (κ3) is 4.70. The highest BCUT2D eigenvalue weighted by atomic mass is 16.5. The molecule has 134 valence electrons. The van der Waals surface area contributed by atoms with Crippen molar-refractivity contribution in [3.05, 3.63) is 72.6 Å². The lowest BCUT2D eigenvalue weighted by atomic mass is 10.1. The van der Waals surface area contributed by atoms with E-state index in [0.29, 0.717) is 18.8 Å². The molecular formula is C20H21N3O3. The molecule has 0 unspecified atom stereocenters. The van der Waals surface area contributed by atoms with Crippen LogP contribution >= 0.6 is 0 Å². The Hall–Kier alpha value is -3.12. The molecule has 3 rings (SSSR count). The van der Waals surface area contributed by atoms with Crippen molar-refractivity contribution in [3.63, 3.8) is 0 Å². The Morgan fingerprint density at radius 3 is 2.50 bits per heavy atom. The maximum Gasteiger partial charge on any atom is 0.271 e. The summed E-state index contributed by atoms with van der Waals surface area (Å²) < 4.78 is 12.2. The molecule has 0 atom stereocenters. The zero-order chi connectivity index (χ0) is 18.2. The quantitative estimate of drug-likeness (QED) is 0.634. The first-order valence-electron chi connectivity index (χ1n) is 8.35.